The number of piperazine rings is 1. The second kappa shape index (κ2) is 6.20. The molecule has 1 aromatic carbocycles. The normalized spacial score (nSPS) is 18.5. The van der Waals surface area contributed by atoms with E-state index in [0.29, 0.717) is 36.1 Å². The van der Waals surface area contributed by atoms with E-state index >= 15 is 0 Å². The van der Waals surface area contributed by atoms with Crippen LogP contribution in [-0.4, -0.2) is 77.2 Å². The van der Waals surface area contributed by atoms with Crippen molar-refractivity contribution >= 4 is 34.6 Å². The highest BCUT2D eigenvalue weighted by Gasteiger charge is 2.26. The van der Waals surface area contributed by atoms with Gasteiger partial charge in [-0.3, -0.25) is 10.4 Å². The second-order valence-electron chi connectivity index (χ2n) is 6.33. The van der Waals surface area contributed by atoms with Crippen LogP contribution in [-0.2, 0) is 0 Å². The lowest BCUT2D eigenvalue weighted by Gasteiger charge is -2.32. The predicted molar refractivity (Wildman–Crippen MR) is 96.4 cm³/mol. The van der Waals surface area contributed by atoms with Gasteiger partial charge in [-0.25, -0.2) is 13.9 Å². The van der Waals surface area contributed by atoms with E-state index in [1.165, 1.54) is 4.57 Å². The molecule has 0 unspecified atom stereocenters. The Labute approximate surface area is 149 Å². The maximum atomic E-state index is 13.1. The van der Waals surface area contributed by atoms with Gasteiger partial charge in [0, 0.05) is 37.7 Å². The Hall–Kier alpha value is -2.32. The molecule has 1 saturated heterocycles. The molecule has 1 amide bonds. The molecule has 4 rings (SSSR count). The molecule has 2 aromatic rings. The van der Waals surface area contributed by atoms with Gasteiger partial charge < -0.3 is 15.1 Å². The van der Waals surface area contributed by atoms with Crippen molar-refractivity contribution in [2.45, 2.75) is 0 Å². The number of nitrogens with one attached hydrogen (secondary N) is 2. The lowest BCUT2D eigenvalue weighted by molar-refractivity contribution is 0.155. The molecular formula is C16H20ClN7O. The van der Waals surface area contributed by atoms with Crippen LogP contribution in [0.4, 0.5) is 4.79 Å². The third-order valence-electron chi connectivity index (χ3n) is 4.68. The van der Waals surface area contributed by atoms with Crippen molar-refractivity contribution in [3.05, 3.63) is 28.8 Å². The number of imidazole rings is 1. The molecule has 0 saturated carbocycles. The number of aliphatic imine (C=N–C) groups is 1. The SMILES string of the molecule is CN1CCN(C(=O)n2c(=N)n(C3=NCCN3)c3ccc(Cl)cc32)CC1. The number of benzene rings is 1. The number of carbonyl (C=O) groups is 1. The number of rotatable bonds is 0. The maximum Gasteiger partial charge on any atom is 0.331 e. The van der Waals surface area contributed by atoms with Crippen LogP contribution in [0.1, 0.15) is 0 Å². The van der Waals surface area contributed by atoms with Crippen molar-refractivity contribution in [2.75, 3.05) is 46.3 Å². The fourth-order valence-corrected chi connectivity index (χ4v) is 3.44. The van der Waals surface area contributed by atoms with Gasteiger partial charge >= 0.3 is 6.03 Å². The van der Waals surface area contributed by atoms with Gasteiger partial charge in [0.05, 0.1) is 17.6 Å². The minimum absolute atomic E-state index is 0.0781. The van der Waals surface area contributed by atoms with Crippen LogP contribution in [0.2, 0.25) is 5.02 Å². The van der Waals surface area contributed by atoms with E-state index in [2.05, 4.69) is 15.2 Å². The Morgan fingerprint density at radius 2 is 2.00 bits per heavy atom. The average Bonchev–Trinajstić information content (AvgIpc) is 3.20. The zero-order valence-corrected chi connectivity index (χ0v) is 14.8. The fraction of sp³-hybridized carbons (Fsp3) is 0.438. The third kappa shape index (κ3) is 2.71. The van der Waals surface area contributed by atoms with Crippen LogP contribution >= 0.6 is 11.6 Å². The summed E-state index contributed by atoms with van der Waals surface area (Å²) in [6.45, 7) is 4.34. The molecule has 2 N–H and O–H groups in total. The van der Waals surface area contributed by atoms with Crippen LogP contribution in [0.25, 0.3) is 11.0 Å². The molecule has 8 nitrogen and oxygen atoms in total. The van der Waals surface area contributed by atoms with Gasteiger partial charge in [0.2, 0.25) is 11.6 Å². The van der Waals surface area contributed by atoms with Crippen LogP contribution < -0.4 is 10.9 Å². The standard InChI is InChI=1S/C16H20ClN7O/c1-21-6-8-22(9-7-21)16(25)24-13-10-11(17)2-3-12(13)23(14(24)18)15-19-4-5-20-15/h2-3,10,18H,4-9H2,1H3,(H,19,20). The number of halogens is 1. The monoisotopic (exact) mass is 361 g/mol. The van der Waals surface area contributed by atoms with Crippen molar-refractivity contribution < 1.29 is 4.79 Å². The Kier molecular flexibility index (Phi) is 4.01. The number of likely N-dealkylation sites (N-methyl/N-ethyl adjacent to an activating group) is 1. The summed E-state index contributed by atoms with van der Waals surface area (Å²) in [7, 11) is 2.04. The maximum absolute atomic E-state index is 13.1. The predicted octanol–water partition coefficient (Wildman–Crippen LogP) is 0.598. The van der Waals surface area contributed by atoms with Gasteiger partial charge in [-0.2, -0.15) is 0 Å². The van der Waals surface area contributed by atoms with E-state index in [1.54, 1.807) is 21.6 Å². The molecule has 0 atom stereocenters. The molecule has 2 aliphatic rings. The van der Waals surface area contributed by atoms with E-state index in [-0.39, 0.29) is 11.6 Å². The van der Waals surface area contributed by atoms with Crippen LogP contribution in [0.5, 0.6) is 0 Å². The van der Waals surface area contributed by atoms with Gasteiger partial charge in [-0.05, 0) is 25.2 Å². The van der Waals surface area contributed by atoms with Gasteiger partial charge in [0.15, 0.2) is 0 Å². The summed E-state index contributed by atoms with van der Waals surface area (Å²) in [5, 5.41) is 12.3. The van der Waals surface area contributed by atoms with Crippen molar-refractivity contribution in [2.24, 2.45) is 4.99 Å². The van der Waals surface area contributed by atoms with E-state index in [9.17, 15) is 4.79 Å². The molecule has 3 heterocycles. The zero-order chi connectivity index (χ0) is 17.6. The molecule has 2 aliphatic heterocycles. The number of amides is 1. The number of aromatic nitrogens is 2. The first kappa shape index (κ1) is 16.2. The van der Waals surface area contributed by atoms with Crippen LogP contribution in [0, 0.1) is 5.41 Å². The largest absolute Gasteiger partial charge is 0.354 e. The molecule has 0 bridgehead atoms. The highest BCUT2D eigenvalue weighted by molar-refractivity contribution is 6.31. The van der Waals surface area contributed by atoms with Crippen molar-refractivity contribution in [1.82, 2.24) is 24.3 Å². The van der Waals surface area contributed by atoms with Gasteiger partial charge in [-0.15, -0.1) is 0 Å². The lowest BCUT2D eigenvalue weighted by atomic mass is 10.3. The molecule has 1 fully saturated rings. The van der Waals surface area contributed by atoms with Gasteiger partial charge in [0.25, 0.3) is 0 Å². The summed E-state index contributed by atoms with van der Waals surface area (Å²) in [5.74, 6) is 0.599. The first-order valence-electron chi connectivity index (χ1n) is 8.30. The Balaban J connectivity index is 1.85. The number of hydrogen-bond donors (Lipinski definition) is 2. The fourth-order valence-electron chi connectivity index (χ4n) is 3.28. The molecule has 9 heteroatoms. The van der Waals surface area contributed by atoms with E-state index in [1.807, 2.05) is 13.1 Å². The topological polar surface area (TPSA) is 81.7 Å². The molecule has 25 heavy (non-hydrogen) atoms. The summed E-state index contributed by atoms with van der Waals surface area (Å²) in [6, 6.07) is 5.13. The van der Waals surface area contributed by atoms with E-state index in [4.69, 9.17) is 17.0 Å². The molecule has 0 radical (unpaired) electrons. The van der Waals surface area contributed by atoms with Gasteiger partial charge in [-0.1, -0.05) is 11.6 Å². The van der Waals surface area contributed by atoms with Crippen molar-refractivity contribution in [3.8, 4) is 0 Å². The van der Waals surface area contributed by atoms with Crippen molar-refractivity contribution in [1.29, 1.82) is 5.41 Å². The number of fused-ring (bicyclic) bond motifs is 1. The smallest absolute Gasteiger partial charge is 0.331 e. The molecule has 1 aromatic heterocycles. The molecular weight excluding hydrogens is 342 g/mol. The van der Waals surface area contributed by atoms with E-state index in [0.717, 1.165) is 25.2 Å². The Morgan fingerprint density at radius 1 is 1.24 bits per heavy atom. The molecule has 132 valence electrons. The van der Waals surface area contributed by atoms with Crippen LogP contribution in [0.15, 0.2) is 23.2 Å². The average molecular weight is 362 g/mol. The summed E-state index contributed by atoms with van der Waals surface area (Å²) >= 11 is 6.16. The second-order valence-corrected chi connectivity index (χ2v) is 6.77. The van der Waals surface area contributed by atoms with Gasteiger partial charge in [0.1, 0.15) is 0 Å². The highest BCUT2D eigenvalue weighted by Crippen LogP contribution is 2.20. The first-order valence-corrected chi connectivity index (χ1v) is 8.68. The summed E-state index contributed by atoms with van der Waals surface area (Å²) in [5.41, 5.74) is 1.44. The zero-order valence-electron chi connectivity index (χ0n) is 14.0. The number of hydrogen-bond acceptors (Lipinski definition) is 5. The van der Waals surface area contributed by atoms with Crippen LogP contribution in [0.3, 0.4) is 0 Å². The summed E-state index contributed by atoms with van der Waals surface area (Å²) in [4.78, 5) is 21.5. The quantitative estimate of drug-likeness (QED) is 0.721. The summed E-state index contributed by atoms with van der Waals surface area (Å²) in [6.07, 6.45) is 0. The Bertz CT molecular complexity index is 920. The Morgan fingerprint density at radius 3 is 2.68 bits per heavy atom. The number of nitrogens with zero attached hydrogens (tertiary/aromatic N) is 5. The molecule has 0 spiro atoms. The van der Waals surface area contributed by atoms with Crippen molar-refractivity contribution in [3.63, 3.8) is 0 Å². The minimum Gasteiger partial charge on any atom is -0.354 e. The highest BCUT2D eigenvalue weighted by atomic mass is 35.5. The number of carbonyl (C=O) groups excluding carboxylic acids is 1. The molecule has 0 aliphatic carbocycles. The third-order valence-corrected chi connectivity index (χ3v) is 4.91. The minimum atomic E-state index is -0.192. The summed E-state index contributed by atoms with van der Waals surface area (Å²) < 4.78 is 3.10. The first-order chi connectivity index (χ1) is 12.1. The van der Waals surface area contributed by atoms with E-state index < -0.39 is 0 Å². The lowest BCUT2D eigenvalue weighted by Crippen LogP contribution is -2.50.